The first-order valence-electron chi connectivity index (χ1n) is 9.00. The molecule has 0 atom stereocenters. The molecule has 0 aliphatic carbocycles. The molecule has 1 aromatic heterocycles. The van der Waals surface area contributed by atoms with Crippen molar-refractivity contribution in [3.63, 3.8) is 0 Å². The average Bonchev–Trinajstić information content (AvgIpc) is 3.13. The zero-order valence-corrected chi connectivity index (χ0v) is 16.8. The lowest BCUT2D eigenvalue weighted by Gasteiger charge is -2.18. The first-order chi connectivity index (χ1) is 13.4. The zero-order valence-electron chi connectivity index (χ0n) is 16.0. The number of benzene rings is 2. The van der Waals surface area contributed by atoms with E-state index in [1.165, 1.54) is 11.8 Å². The van der Waals surface area contributed by atoms with Gasteiger partial charge in [-0.15, -0.1) is 0 Å². The van der Waals surface area contributed by atoms with Gasteiger partial charge in [-0.2, -0.15) is 0 Å². The predicted octanol–water partition coefficient (Wildman–Crippen LogP) is 4.39. The Balaban J connectivity index is 1.51. The van der Waals surface area contributed by atoms with Crippen molar-refractivity contribution in [3.05, 3.63) is 48.3 Å². The topological polar surface area (TPSA) is 73.3 Å². The Hall–Kier alpha value is -2.80. The number of nitrogens with zero attached hydrogens (tertiary/aromatic N) is 2. The van der Waals surface area contributed by atoms with Crippen LogP contribution in [0.5, 0.6) is 11.5 Å². The minimum absolute atomic E-state index is 0.108. The quantitative estimate of drug-likeness (QED) is 0.522. The fourth-order valence-electron chi connectivity index (χ4n) is 2.80. The van der Waals surface area contributed by atoms with Gasteiger partial charge in [-0.1, -0.05) is 50.7 Å². The van der Waals surface area contributed by atoms with Crippen LogP contribution in [0.15, 0.2) is 47.5 Å². The Labute approximate surface area is 167 Å². The molecule has 144 valence electrons. The lowest BCUT2D eigenvalue weighted by Crippen LogP contribution is -2.17. The van der Waals surface area contributed by atoms with Crippen molar-refractivity contribution in [1.82, 2.24) is 9.97 Å². The molecule has 1 N–H and O–H groups in total. The van der Waals surface area contributed by atoms with E-state index in [0.29, 0.717) is 17.2 Å². The number of anilines is 1. The maximum Gasteiger partial charge on any atom is 0.234 e. The molecule has 0 radical (unpaired) electrons. The van der Waals surface area contributed by atoms with E-state index in [0.717, 1.165) is 21.8 Å². The summed E-state index contributed by atoms with van der Waals surface area (Å²) >= 11 is 1.41. The number of fused-ring (bicyclic) bond motifs is 2. The van der Waals surface area contributed by atoms with Crippen LogP contribution in [0.3, 0.4) is 0 Å². The van der Waals surface area contributed by atoms with Crippen LogP contribution in [0.2, 0.25) is 0 Å². The number of para-hydroxylation sites is 1. The van der Waals surface area contributed by atoms with Gasteiger partial charge in [0.05, 0.1) is 11.3 Å². The molecule has 0 unspecified atom stereocenters. The van der Waals surface area contributed by atoms with E-state index in [1.807, 2.05) is 24.3 Å². The van der Waals surface area contributed by atoms with Crippen LogP contribution in [-0.2, 0) is 10.2 Å². The average molecular weight is 395 g/mol. The lowest BCUT2D eigenvalue weighted by molar-refractivity contribution is -0.113. The molecule has 1 amide bonds. The third kappa shape index (κ3) is 3.89. The standard InChI is InChI=1S/C21H21N3O3S/c1-21(2,3)20-23-15-7-5-4-6-14(15)19(24-20)28-11-18(25)22-13-8-9-16-17(10-13)27-12-26-16/h4-10H,11-12H2,1-3H3,(H,22,25). The number of rotatable bonds is 4. The van der Waals surface area contributed by atoms with Crippen molar-refractivity contribution in [2.75, 3.05) is 17.9 Å². The smallest absolute Gasteiger partial charge is 0.234 e. The Morgan fingerprint density at radius 3 is 2.71 bits per heavy atom. The van der Waals surface area contributed by atoms with Crippen molar-refractivity contribution < 1.29 is 14.3 Å². The summed E-state index contributed by atoms with van der Waals surface area (Å²) in [5.74, 6) is 2.24. The molecule has 0 bridgehead atoms. The fourth-order valence-corrected chi connectivity index (χ4v) is 3.62. The fraction of sp³-hybridized carbons (Fsp3) is 0.286. The second-order valence-electron chi connectivity index (χ2n) is 7.52. The van der Waals surface area contributed by atoms with E-state index in [-0.39, 0.29) is 23.9 Å². The van der Waals surface area contributed by atoms with Crippen molar-refractivity contribution in [2.24, 2.45) is 0 Å². The summed E-state index contributed by atoms with van der Waals surface area (Å²) in [5, 5.41) is 4.67. The van der Waals surface area contributed by atoms with Crippen LogP contribution >= 0.6 is 11.8 Å². The van der Waals surface area contributed by atoms with Crippen molar-refractivity contribution >= 4 is 34.3 Å². The van der Waals surface area contributed by atoms with Crippen LogP contribution in [-0.4, -0.2) is 28.4 Å². The Kier molecular flexibility index (Phi) is 4.85. The van der Waals surface area contributed by atoms with Crippen molar-refractivity contribution in [3.8, 4) is 11.5 Å². The Bertz CT molecular complexity index is 1050. The molecular weight excluding hydrogens is 374 g/mol. The zero-order chi connectivity index (χ0) is 19.7. The molecular formula is C21H21N3O3S. The van der Waals surface area contributed by atoms with Gasteiger partial charge >= 0.3 is 0 Å². The van der Waals surface area contributed by atoms with Gasteiger partial charge in [0.15, 0.2) is 11.5 Å². The van der Waals surface area contributed by atoms with E-state index in [2.05, 4.69) is 31.1 Å². The van der Waals surface area contributed by atoms with Gasteiger partial charge in [-0.3, -0.25) is 4.79 Å². The number of thioether (sulfide) groups is 1. The van der Waals surface area contributed by atoms with Gasteiger partial charge in [0.25, 0.3) is 0 Å². The second-order valence-corrected chi connectivity index (χ2v) is 8.49. The minimum Gasteiger partial charge on any atom is -0.454 e. The molecule has 0 saturated heterocycles. The molecule has 28 heavy (non-hydrogen) atoms. The number of carbonyl (C=O) groups is 1. The number of hydrogen-bond donors (Lipinski definition) is 1. The highest BCUT2D eigenvalue weighted by molar-refractivity contribution is 8.00. The monoisotopic (exact) mass is 395 g/mol. The molecule has 7 heteroatoms. The molecule has 4 rings (SSSR count). The number of carbonyl (C=O) groups excluding carboxylic acids is 1. The third-order valence-corrected chi connectivity index (χ3v) is 5.23. The molecule has 0 spiro atoms. The van der Waals surface area contributed by atoms with Gasteiger partial charge in [-0.05, 0) is 18.2 Å². The van der Waals surface area contributed by atoms with Crippen LogP contribution < -0.4 is 14.8 Å². The maximum absolute atomic E-state index is 12.5. The molecule has 2 aromatic carbocycles. The van der Waals surface area contributed by atoms with Gasteiger partial charge in [-0.25, -0.2) is 9.97 Å². The molecule has 3 aromatic rings. The van der Waals surface area contributed by atoms with Crippen LogP contribution in [0.4, 0.5) is 5.69 Å². The number of nitrogens with one attached hydrogen (secondary N) is 1. The van der Waals surface area contributed by atoms with Gasteiger partial charge in [0.1, 0.15) is 10.9 Å². The lowest BCUT2D eigenvalue weighted by atomic mass is 9.95. The van der Waals surface area contributed by atoms with Crippen molar-refractivity contribution in [1.29, 1.82) is 0 Å². The molecule has 0 fully saturated rings. The van der Waals surface area contributed by atoms with Crippen LogP contribution in [0.1, 0.15) is 26.6 Å². The normalized spacial score (nSPS) is 13.0. The molecule has 1 aliphatic rings. The first-order valence-corrected chi connectivity index (χ1v) is 9.98. The van der Waals surface area contributed by atoms with E-state index < -0.39 is 0 Å². The third-order valence-electron chi connectivity index (χ3n) is 4.24. The Morgan fingerprint density at radius 2 is 1.89 bits per heavy atom. The summed E-state index contributed by atoms with van der Waals surface area (Å²) in [6.45, 7) is 6.45. The summed E-state index contributed by atoms with van der Waals surface area (Å²) in [7, 11) is 0. The van der Waals surface area contributed by atoms with Crippen LogP contribution in [0.25, 0.3) is 10.9 Å². The largest absolute Gasteiger partial charge is 0.454 e. The number of ether oxygens (including phenoxy) is 2. The Morgan fingerprint density at radius 1 is 1.11 bits per heavy atom. The highest BCUT2D eigenvalue weighted by atomic mass is 32.2. The van der Waals surface area contributed by atoms with Gasteiger partial charge in [0, 0.05) is 22.6 Å². The second kappa shape index (κ2) is 7.31. The highest BCUT2D eigenvalue weighted by Gasteiger charge is 2.20. The molecule has 6 nitrogen and oxygen atoms in total. The summed E-state index contributed by atoms with van der Waals surface area (Å²) < 4.78 is 10.6. The number of amides is 1. The number of hydrogen-bond acceptors (Lipinski definition) is 6. The van der Waals surface area contributed by atoms with E-state index in [9.17, 15) is 4.79 Å². The molecule has 1 aliphatic heterocycles. The van der Waals surface area contributed by atoms with Gasteiger partial charge < -0.3 is 14.8 Å². The van der Waals surface area contributed by atoms with Crippen LogP contribution in [0, 0.1) is 0 Å². The van der Waals surface area contributed by atoms with E-state index in [4.69, 9.17) is 14.5 Å². The predicted molar refractivity (Wildman–Crippen MR) is 110 cm³/mol. The van der Waals surface area contributed by atoms with E-state index in [1.54, 1.807) is 18.2 Å². The number of aromatic nitrogens is 2. The minimum atomic E-state index is -0.173. The van der Waals surface area contributed by atoms with Crippen molar-refractivity contribution in [2.45, 2.75) is 31.2 Å². The first kappa shape index (κ1) is 18.6. The summed E-state index contributed by atoms with van der Waals surface area (Å²) in [6.07, 6.45) is 0. The maximum atomic E-state index is 12.5. The van der Waals surface area contributed by atoms with E-state index >= 15 is 0 Å². The highest BCUT2D eigenvalue weighted by Crippen LogP contribution is 2.34. The molecule has 2 heterocycles. The van der Waals surface area contributed by atoms with Gasteiger partial charge in [0.2, 0.25) is 12.7 Å². The SMILES string of the molecule is CC(C)(C)c1nc(SCC(=O)Nc2ccc3c(c2)OCO3)c2ccccc2n1. The summed E-state index contributed by atoms with van der Waals surface area (Å²) in [6, 6.07) is 13.2. The summed E-state index contributed by atoms with van der Waals surface area (Å²) in [5.41, 5.74) is 1.40. The molecule has 0 saturated carbocycles. The summed E-state index contributed by atoms with van der Waals surface area (Å²) in [4.78, 5) is 21.9.